The largest absolute Gasteiger partial charge is 0.180 e. The SMILES string of the molecule is ClC(Cl)Cl.[K]. The number of rotatable bonds is 0. The Bertz CT molecular complexity index is 11.6. The maximum Gasteiger partial charge on any atom is 0.180 e. The summed E-state index contributed by atoms with van der Waals surface area (Å²) in [4.78, 5) is 0. The van der Waals surface area contributed by atoms with Crippen LogP contribution in [-0.4, -0.2) is 55.7 Å². The maximum atomic E-state index is 4.81. The third kappa shape index (κ3) is 21.0. The van der Waals surface area contributed by atoms with Crippen LogP contribution in [0.4, 0.5) is 0 Å². The molecule has 4 heteroatoms. The Morgan fingerprint density at radius 1 is 1.00 bits per heavy atom. The van der Waals surface area contributed by atoms with E-state index in [9.17, 15) is 0 Å². The van der Waals surface area contributed by atoms with E-state index < -0.39 is 4.30 Å². The summed E-state index contributed by atoms with van der Waals surface area (Å²) in [5, 5.41) is 0. The van der Waals surface area contributed by atoms with Crippen molar-refractivity contribution in [2.24, 2.45) is 0 Å². The van der Waals surface area contributed by atoms with Crippen molar-refractivity contribution < 1.29 is 0 Å². The van der Waals surface area contributed by atoms with Crippen LogP contribution in [0.2, 0.25) is 0 Å². The maximum absolute atomic E-state index is 4.81. The van der Waals surface area contributed by atoms with E-state index in [-0.39, 0.29) is 51.4 Å². The number of hydrogen-bond donors (Lipinski definition) is 0. The van der Waals surface area contributed by atoms with E-state index in [0.717, 1.165) is 0 Å². The Balaban J connectivity index is 0. The zero-order valence-corrected chi connectivity index (χ0v) is 8.10. The number of halogens is 3. The third-order valence-electron chi connectivity index (χ3n) is 0. The van der Waals surface area contributed by atoms with Gasteiger partial charge in [0, 0.05) is 51.4 Å². The van der Waals surface area contributed by atoms with Crippen LogP contribution in [0.15, 0.2) is 0 Å². The molecule has 0 heterocycles. The third-order valence-corrected chi connectivity index (χ3v) is 0. The zero-order valence-electron chi connectivity index (χ0n) is 2.71. The monoisotopic (exact) mass is 157 g/mol. The minimum absolute atomic E-state index is 0. The fourth-order valence-electron chi connectivity index (χ4n) is 0. The van der Waals surface area contributed by atoms with E-state index in [1.54, 1.807) is 0 Å². The predicted octanol–water partition coefficient (Wildman–Crippen LogP) is 1.61. The molecule has 0 saturated heterocycles. The summed E-state index contributed by atoms with van der Waals surface area (Å²) in [5.41, 5.74) is 0. The molecule has 27 valence electrons. The van der Waals surface area contributed by atoms with Crippen molar-refractivity contribution in [2.45, 2.75) is 4.30 Å². The first-order chi connectivity index (χ1) is 1.73. The summed E-state index contributed by atoms with van der Waals surface area (Å²) in [7, 11) is 0. The fourth-order valence-corrected chi connectivity index (χ4v) is 0. The van der Waals surface area contributed by atoms with Gasteiger partial charge in [0.1, 0.15) is 0 Å². The second-order valence-corrected chi connectivity index (χ2v) is 2.23. The standard InChI is InChI=1S/CHCl3.K/c2-1(3)4;/h1H;. The van der Waals surface area contributed by atoms with Crippen molar-refractivity contribution in [2.75, 3.05) is 0 Å². The first-order valence-electron chi connectivity index (χ1n) is 0.655. The minimum atomic E-state index is -0.750. The zero-order chi connectivity index (χ0) is 3.58. The van der Waals surface area contributed by atoms with Gasteiger partial charge in [-0.05, 0) is 0 Å². The van der Waals surface area contributed by atoms with Crippen molar-refractivity contribution in [3.05, 3.63) is 0 Å². The van der Waals surface area contributed by atoms with Crippen molar-refractivity contribution in [3.63, 3.8) is 0 Å². The van der Waals surface area contributed by atoms with Gasteiger partial charge in [-0.3, -0.25) is 0 Å². The van der Waals surface area contributed by atoms with Crippen LogP contribution in [0.3, 0.4) is 0 Å². The molecule has 0 bridgehead atoms. The molecule has 0 aliphatic heterocycles. The Kier molecular flexibility index (Phi) is 13.6. The van der Waals surface area contributed by atoms with Crippen molar-refractivity contribution in [3.8, 4) is 0 Å². The van der Waals surface area contributed by atoms with Crippen LogP contribution < -0.4 is 0 Å². The van der Waals surface area contributed by atoms with Gasteiger partial charge in [0.25, 0.3) is 0 Å². The Hall–Kier alpha value is 2.51. The molecule has 0 aromatic carbocycles. The first-order valence-corrected chi connectivity index (χ1v) is 1.96. The van der Waals surface area contributed by atoms with E-state index in [0.29, 0.717) is 0 Å². The molecule has 1 radical (unpaired) electrons. The van der Waals surface area contributed by atoms with Crippen molar-refractivity contribution >= 4 is 86.2 Å². The molecule has 0 atom stereocenters. The summed E-state index contributed by atoms with van der Waals surface area (Å²) in [6.45, 7) is 0. The van der Waals surface area contributed by atoms with Crippen LogP contribution in [0.5, 0.6) is 0 Å². The molecule has 0 rings (SSSR count). The Labute approximate surface area is 88.6 Å². The summed E-state index contributed by atoms with van der Waals surface area (Å²) in [5.74, 6) is 0. The van der Waals surface area contributed by atoms with Crippen molar-refractivity contribution in [1.82, 2.24) is 0 Å². The first kappa shape index (κ1) is 10.5. The fraction of sp³-hybridized carbons (Fsp3) is 1.00. The molecule has 0 aromatic heterocycles. The second kappa shape index (κ2) is 6.51. The molecule has 0 aromatic rings. The van der Waals surface area contributed by atoms with Gasteiger partial charge in [0.05, 0.1) is 0 Å². The second-order valence-electron chi connectivity index (χ2n) is 0.247. The van der Waals surface area contributed by atoms with Crippen LogP contribution in [-0.2, 0) is 0 Å². The topological polar surface area (TPSA) is 0 Å². The van der Waals surface area contributed by atoms with Gasteiger partial charge in [-0.2, -0.15) is 0 Å². The molecule has 0 aliphatic rings. The molecule has 0 amide bonds. The summed E-state index contributed by atoms with van der Waals surface area (Å²) in [6, 6.07) is 0. The molecule has 0 saturated carbocycles. The molecular weight excluding hydrogens is 157 g/mol. The predicted molar refractivity (Wildman–Crippen MR) is 27.1 cm³/mol. The van der Waals surface area contributed by atoms with E-state index in [4.69, 9.17) is 34.8 Å². The summed E-state index contributed by atoms with van der Waals surface area (Å²) >= 11 is 14.4. The summed E-state index contributed by atoms with van der Waals surface area (Å²) < 4.78 is -0.750. The molecule has 0 fully saturated rings. The van der Waals surface area contributed by atoms with E-state index in [1.807, 2.05) is 0 Å². The quantitative estimate of drug-likeness (QED) is 0.371. The van der Waals surface area contributed by atoms with Crippen LogP contribution in [0.1, 0.15) is 0 Å². The van der Waals surface area contributed by atoms with Gasteiger partial charge >= 0.3 is 0 Å². The van der Waals surface area contributed by atoms with Gasteiger partial charge < -0.3 is 0 Å². The van der Waals surface area contributed by atoms with Crippen LogP contribution in [0.25, 0.3) is 0 Å². The van der Waals surface area contributed by atoms with E-state index in [1.165, 1.54) is 0 Å². The summed E-state index contributed by atoms with van der Waals surface area (Å²) in [6.07, 6.45) is 0. The molecular formula is CHCl3K. The van der Waals surface area contributed by atoms with Gasteiger partial charge in [-0.1, -0.05) is 34.8 Å². The van der Waals surface area contributed by atoms with Gasteiger partial charge in [0.15, 0.2) is 4.30 Å². The van der Waals surface area contributed by atoms with Gasteiger partial charge in [0.2, 0.25) is 0 Å². The number of alkyl halides is 3. The molecule has 0 unspecified atom stereocenters. The minimum Gasteiger partial charge on any atom is -0.0874 e. The normalized spacial score (nSPS) is 7.20. The number of hydrogen-bond acceptors (Lipinski definition) is 0. The van der Waals surface area contributed by atoms with Crippen LogP contribution in [0, 0.1) is 0 Å². The molecule has 0 nitrogen and oxygen atoms in total. The molecule has 0 N–H and O–H groups in total. The molecule has 0 aliphatic carbocycles. The van der Waals surface area contributed by atoms with E-state index in [2.05, 4.69) is 0 Å². The smallest absolute Gasteiger partial charge is 0.0874 e. The van der Waals surface area contributed by atoms with Gasteiger partial charge in [-0.25, -0.2) is 0 Å². The van der Waals surface area contributed by atoms with Crippen LogP contribution >= 0.6 is 34.8 Å². The molecule has 5 heavy (non-hydrogen) atoms. The Morgan fingerprint density at radius 2 is 1.00 bits per heavy atom. The van der Waals surface area contributed by atoms with E-state index >= 15 is 0 Å². The molecule has 0 spiro atoms. The average molecular weight is 158 g/mol. The average Bonchev–Trinajstić information content (AvgIpc) is 0.811. The van der Waals surface area contributed by atoms with Gasteiger partial charge in [-0.15, -0.1) is 0 Å². The Morgan fingerprint density at radius 3 is 1.00 bits per heavy atom. The van der Waals surface area contributed by atoms with Crippen molar-refractivity contribution in [1.29, 1.82) is 0 Å².